The van der Waals surface area contributed by atoms with Gasteiger partial charge in [-0.05, 0) is 31.1 Å². The van der Waals surface area contributed by atoms with Gasteiger partial charge >= 0.3 is 0 Å². The van der Waals surface area contributed by atoms with Gasteiger partial charge in [-0.1, -0.05) is 41.6 Å². The summed E-state index contributed by atoms with van der Waals surface area (Å²) in [5, 5.41) is 9.94. The molecule has 0 aromatic heterocycles. The second-order valence-corrected chi connectivity index (χ2v) is 6.72. The summed E-state index contributed by atoms with van der Waals surface area (Å²) in [5.74, 6) is 0. The highest BCUT2D eigenvalue weighted by Gasteiger charge is 2.37. The summed E-state index contributed by atoms with van der Waals surface area (Å²) in [4.78, 5) is 2.61. The summed E-state index contributed by atoms with van der Waals surface area (Å²) in [7, 11) is 0. The third kappa shape index (κ3) is 3.96. The summed E-state index contributed by atoms with van der Waals surface area (Å²) < 4.78 is 0. The van der Waals surface area contributed by atoms with Crippen molar-refractivity contribution in [2.24, 2.45) is 5.41 Å². The van der Waals surface area contributed by atoms with Crippen molar-refractivity contribution in [2.45, 2.75) is 63.8 Å². The van der Waals surface area contributed by atoms with Crippen LogP contribution in [0.2, 0.25) is 0 Å². The van der Waals surface area contributed by atoms with Gasteiger partial charge in [-0.15, -0.1) is 0 Å². The first-order chi connectivity index (χ1) is 8.79. The Morgan fingerprint density at radius 1 is 1.17 bits per heavy atom. The average molecular weight is 313 g/mol. The lowest BCUT2D eigenvalue weighted by Crippen LogP contribution is -2.40. The van der Waals surface area contributed by atoms with E-state index < -0.39 is 0 Å². The summed E-state index contributed by atoms with van der Waals surface area (Å²) >= 11 is 3.78. The fourth-order valence-electron chi connectivity index (χ4n) is 3.27. The van der Waals surface area contributed by atoms with Crippen LogP contribution in [0, 0.1) is 16.7 Å². The number of alkyl halides is 1. The molecule has 0 aliphatic heterocycles. The van der Waals surface area contributed by atoms with Crippen LogP contribution >= 0.6 is 15.9 Å². The van der Waals surface area contributed by atoms with E-state index in [-0.39, 0.29) is 0 Å². The van der Waals surface area contributed by atoms with Crippen LogP contribution in [0.15, 0.2) is 0 Å². The minimum atomic E-state index is 0.481. The molecule has 0 amide bonds. The molecule has 0 heterocycles. The third-order valence-corrected chi connectivity index (χ3v) is 5.75. The second kappa shape index (κ2) is 6.91. The number of hydrogen-bond acceptors (Lipinski definition) is 2. The monoisotopic (exact) mass is 312 g/mol. The Labute approximate surface area is 120 Å². The van der Waals surface area contributed by atoms with Gasteiger partial charge in [0.1, 0.15) is 0 Å². The van der Waals surface area contributed by atoms with Crippen molar-refractivity contribution in [3.05, 3.63) is 0 Å². The highest BCUT2D eigenvalue weighted by Crippen LogP contribution is 2.40. The quantitative estimate of drug-likeness (QED) is 0.545. The Hall–Kier alpha value is -0.0700. The van der Waals surface area contributed by atoms with Crippen LogP contribution < -0.4 is 0 Å². The molecule has 0 spiro atoms. The van der Waals surface area contributed by atoms with Gasteiger partial charge < -0.3 is 0 Å². The highest BCUT2D eigenvalue weighted by atomic mass is 79.9. The van der Waals surface area contributed by atoms with Crippen molar-refractivity contribution in [1.29, 1.82) is 5.26 Å². The largest absolute Gasteiger partial charge is 0.299 e. The molecule has 0 aromatic rings. The van der Waals surface area contributed by atoms with Gasteiger partial charge in [0.05, 0.1) is 6.07 Å². The number of halogens is 1. The van der Waals surface area contributed by atoms with E-state index in [1.807, 2.05) is 0 Å². The van der Waals surface area contributed by atoms with Crippen molar-refractivity contribution in [3.8, 4) is 6.07 Å². The molecule has 0 N–H and O–H groups in total. The molecule has 2 nitrogen and oxygen atoms in total. The fraction of sp³-hybridized carbons (Fsp3) is 0.933. The minimum absolute atomic E-state index is 0.481. The Morgan fingerprint density at radius 2 is 1.83 bits per heavy atom. The van der Waals surface area contributed by atoms with Gasteiger partial charge in [0, 0.05) is 30.9 Å². The van der Waals surface area contributed by atoms with Gasteiger partial charge in [0.25, 0.3) is 0 Å². The molecule has 0 bridgehead atoms. The molecule has 0 unspecified atom stereocenters. The Kier molecular flexibility index (Phi) is 5.51. The molecule has 0 atom stereocenters. The van der Waals surface area contributed by atoms with E-state index in [1.165, 1.54) is 57.9 Å². The topological polar surface area (TPSA) is 27.0 Å². The van der Waals surface area contributed by atoms with Crippen molar-refractivity contribution in [2.75, 3.05) is 18.4 Å². The van der Waals surface area contributed by atoms with E-state index in [2.05, 4.69) is 26.9 Å². The number of nitrogens with zero attached hydrogens (tertiary/aromatic N) is 2. The first kappa shape index (κ1) is 14.3. The minimum Gasteiger partial charge on any atom is -0.299 e. The van der Waals surface area contributed by atoms with Crippen molar-refractivity contribution < 1.29 is 0 Å². The van der Waals surface area contributed by atoms with E-state index in [0.717, 1.165) is 17.9 Å². The van der Waals surface area contributed by atoms with Crippen LogP contribution in [0.5, 0.6) is 0 Å². The lowest BCUT2D eigenvalue weighted by molar-refractivity contribution is 0.146. The van der Waals surface area contributed by atoms with E-state index in [4.69, 9.17) is 5.26 Å². The molecule has 18 heavy (non-hydrogen) atoms. The lowest BCUT2D eigenvalue weighted by Gasteiger charge is -2.36. The summed E-state index contributed by atoms with van der Waals surface area (Å²) in [6.07, 6.45) is 11.7. The van der Waals surface area contributed by atoms with E-state index in [1.54, 1.807) is 0 Å². The average Bonchev–Trinajstić information content (AvgIpc) is 3.21. The van der Waals surface area contributed by atoms with Crippen LogP contribution in [0.3, 0.4) is 0 Å². The maximum atomic E-state index is 8.80. The zero-order chi connectivity index (χ0) is 12.8. The molecule has 2 saturated carbocycles. The van der Waals surface area contributed by atoms with Crippen LogP contribution in [-0.4, -0.2) is 29.4 Å². The van der Waals surface area contributed by atoms with Gasteiger partial charge in [0.15, 0.2) is 0 Å². The van der Waals surface area contributed by atoms with Gasteiger partial charge in [-0.25, -0.2) is 0 Å². The van der Waals surface area contributed by atoms with Crippen LogP contribution in [-0.2, 0) is 0 Å². The normalized spacial score (nSPS) is 23.6. The molecule has 102 valence electrons. The van der Waals surface area contributed by atoms with Crippen LogP contribution in [0.1, 0.15) is 57.8 Å². The summed E-state index contributed by atoms with van der Waals surface area (Å²) in [6.45, 7) is 2.19. The van der Waals surface area contributed by atoms with Gasteiger partial charge in [-0.2, -0.15) is 5.26 Å². The number of rotatable bonds is 6. The zero-order valence-corrected chi connectivity index (χ0v) is 12.9. The number of nitriles is 1. The highest BCUT2D eigenvalue weighted by molar-refractivity contribution is 9.09. The SMILES string of the molecule is N#CCCN(CC1(CBr)CCCCCC1)C1CC1. The molecule has 3 heteroatoms. The second-order valence-electron chi connectivity index (χ2n) is 6.16. The molecular weight excluding hydrogens is 288 g/mol. The molecule has 0 radical (unpaired) electrons. The summed E-state index contributed by atoms with van der Waals surface area (Å²) in [5.41, 5.74) is 0.481. The first-order valence-electron chi connectivity index (χ1n) is 7.47. The molecular formula is C15H25BrN2. The zero-order valence-electron chi connectivity index (χ0n) is 11.3. The van der Waals surface area contributed by atoms with Crippen LogP contribution in [0.25, 0.3) is 0 Å². The predicted molar refractivity (Wildman–Crippen MR) is 78.8 cm³/mol. The van der Waals surface area contributed by atoms with Gasteiger partial charge in [-0.3, -0.25) is 4.90 Å². The molecule has 2 rings (SSSR count). The molecule has 0 aromatic carbocycles. The smallest absolute Gasteiger partial charge is 0.0635 e. The Balaban J connectivity index is 1.95. The van der Waals surface area contributed by atoms with Crippen molar-refractivity contribution in [1.82, 2.24) is 4.90 Å². The Morgan fingerprint density at radius 3 is 2.33 bits per heavy atom. The maximum absolute atomic E-state index is 8.80. The lowest BCUT2D eigenvalue weighted by atomic mass is 9.82. The maximum Gasteiger partial charge on any atom is 0.0635 e. The molecule has 0 saturated heterocycles. The van der Waals surface area contributed by atoms with Gasteiger partial charge in [0.2, 0.25) is 0 Å². The van der Waals surface area contributed by atoms with E-state index in [0.29, 0.717) is 11.8 Å². The third-order valence-electron chi connectivity index (χ3n) is 4.56. The molecule has 2 fully saturated rings. The molecule has 2 aliphatic carbocycles. The standard InChI is InChI=1S/C15H25BrN2/c16-12-15(8-3-1-2-4-9-15)13-18(11-5-10-17)14-6-7-14/h14H,1-9,11-13H2. The Bertz CT molecular complexity index is 285. The van der Waals surface area contributed by atoms with Crippen LogP contribution in [0.4, 0.5) is 0 Å². The predicted octanol–water partition coefficient (Wildman–Crippen LogP) is 4.10. The van der Waals surface area contributed by atoms with Crippen molar-refractivity contribution in [3.63, 3.8) is 0 Å². The van der Waals surface area contributed by atoms with E-state index in [9.17, 15) is 0 Å². The van der Waals surface area contributed by atoms with Crippen molar-refractivity contribution >= 4 is 15.9 Å². The van der Waals surface area contributed by atoms with E-state index >= 15 is 0 Å². The number of hydrogen-bond donors (Lipinski definition) is 0. The fourth-order valence-corrected chi connectivity index (χ4v) is 4.01. The first-order valence-corrected chi connectivity index (χ1v) is 8.59. The molecule has 2 aliphatic rings. The summed E-state index contributed by atoms with van der Waals surface area (Å²) in [6, 6.07) is 3.10.